The normalized spacial score (nSPS) is 10.2. The van der Waals surface area contributed by atoms with Crippen LogP contribution in [0.15, 0.2) is 39.6 Å². The molecule has 3 N–H and O–H groups in total. The molecule has 0 atom stereocenters. The lowest BCUT2D eigenvalue weighted by Gasteiger charge is -2.04. The fourth-order valence-corrected chi connectivity index (χ4v) is 1.53. The summed E-state index contributed by atoms with van der Waals surface area (Å²) >= 11 is 3.12. The third-order valence-electron chi connectivity index (χ3n) is 2.01. The molecule has 0 unspecified atom stereocenters. The molecule has 0 saturated carbocycles. The lowest BCUT2D eigenvalue weighted by atomic mass is 10.1. The van der Waals surface area contributed by atoms with Crippen LogP contribution in [0.4, 0.5) is 5.69 Å². The van der Waals surface area contributed by atoms with E-state index in [-0.39, 0.29) is 5.56 Å². The van der Waals surface area contributed by atoms with Gasteiger partial charge in [-0.1, -0.05) is 30.3 Å². The van der Waals surface area contributed by atoms with Gasteiger partial charge >= 0.3 is 0 Å². The number of nitrogens with two attached hydrogens (primary N) is 1. The average molecular weight is 266 g/mol. The molecule has 0 radical (unpaired) electrons. The number of nitrogen functional groups attached to an aromatic ring is 1. The van der Waals surface area contributed by atoms with Crippen LogP contribution in [0.25, 0.3) is 11.3 Å². The molecule has 0 aliphatic heterocycles. The molecule has 0 saturated heterocycles. The maximum Gasteiger partial charge on any atom is 0.280 e. The van der Waals surface area contributed by atoms with E-state index in [1.807, 2.05) is 30.3 Å². The van der Waals surface area contributed by atoms with Crippen molar-refractivity contribution in [3.8, 4) is 11.3 Å². The SMILES string of the molecule is Nc1c(-c2ccccc2)n[nH]c(=O)c1Br. The minimum Gasteiger partial charge on any atom is -0.396 e. The summed E-state index contributed by atoms with van der Waals surface area (Å²) in [6.45, 7) is 0. The summed E-state index contributed by atoms with van der Waals surface area (Å²) in [4.78, 5) is 11.2. The highest BCUT2D eigenvalue weighted by Gasteiger charge is 2.09. The molecule has 4 nitrogen and oxygen atoms in total. The van der Waals surface area contributed by atoms with Gasteiger partial charge in [0.25, 0.3) is 5.56 Å². The predicted octanol–water partition coefficient (Wildman–Crippen LogP) is 1.78. The van der Waals surface area contributed by atoms with E-state index in [1.165, 1.54) is 0 Å². The average Bonchev–Trinajstić information content (AvgIpc) is 2.27. The highest BCUT2D eigenvalue weighted by atomic mass is 79.9. The van der Waals surface area contributed by atoms with Gasteiger partial charge in [0, 0.05) is 5.56 Å². The molecule has 0 fully saturated rings. The molecular weight excluding hydrogens is 258 g/mol. The Morgan fingerprint density at radius 3 is 2.60 bits per heavy atom. The molecule has 5 heteroatoms. The minimum atomic E-state index is -0.327. The van der Waals surface area contributed by atoms with E-state index in [2.05, 4.69) is 26.1 Å². The minimum absolute atomic E-state index is 0.316. The number of nitrogens with zero attached hydrogens (tertiary/aromatic N) is 1. The van der Waals surface area contributed by atoms with Crippen LogP contribution in [-0.2, 0) is 0 Å². The van der Waals surface area contributed by atoms with Crippen molar-refractivity contribution in [3.05, 3.63) is 45.2 Å². The Kier molecular flexibility index (Phi) is 2.55. The van der Waals surface area contributed by atoms with Crippen molar-refractivity contribution in [3.63, 3.8) is 0 Å². The van der Waals surface area contributed by atoms with E-state index < -0.39 is 0 Å². The van der Waals surface area contributed by atoms with Gasteiger partial charge in [-0.25, -0.2) is 5.10 Å². The molecule has 1 aromatic heterocycles. The molecule has 0 aliphatic carbocycles. The predicted molar refractivity (Wildman–Crippen MR) is 62.4 cm³/mol. The summed E-state index contributed by atoms with van der Waals surface area (Å²) in [7, 11) is 0. The molecule has 76 valence electrons. The van der Waals surface area contributed by atoms with E-state index in [9.17, 15) is 4.79 Å². The topological polar surface area (TPSA) is 71.8 Å². The van der Waals surface area contributed by atoms with Gasteiger partial charge in [-0.2, -0.15) is 5.10 Å². The Balaban J connectivity index is 2.65. The highest BCUT2D eigenvalue weighted by Crippen LogP contribution is 2.25. The summed E-state index contributed by atoms with van der Waals surface area (Å²) < 4.78 is 0.316. The molecule has 1 aromatic carbocycles. The van der Waals surface area contributed by atoms with E-state index >= 15 is 0 Å². The first-order valence-electron chi connectivity index (χ1n) is 4.29. The largest absolute Gasteiger partial charge is 0.396 e. The summed E-state index contributed by atoms with van der Waals surface area (Å²) in [6.07, 6.45) is 0. The second-order valence-electron chi connectivity index (χ2n) is 3.00. The lowest BCUT2D eigenvalue weighted by molar-refractivity contribution is 0.989. The van der Waals surface area contributed by atoms with Crippen LogP contribution in [0.5, 0.6) is 0 Å². The van der Waals surface area contributed by atoms with Crippen LogP contribution < -0.4 is 11.3 Å². The third kappa shape index (κ3) is 1.78. The van der Waals surface area contributed by atoms with Gasteiger partial charge < -0.3 is 5.73 Å². The Bertz CT molecular complexity index is 536. The number of rotatable bonds is 1. The van der Waals surface area contributed by atoms with Crippen LogP contribution in [0.2, 0.25) is 0 Å². The molecular formula is C10H8BrN3O. The fourth-order valence-electron chi connectivity index (χ4n) is 1.26. The van der Waals surface area contributed by atoms with E-state index in [4.69, 9.17) is 5.73 Å². The van der Waals surface area contributed by atoms with Crippen LogP contribution in [-0.4, -0.2) is 10.2 Å². The van der Waals surface area contributed by atoms with Crippen LogP contribution in [0.1, 0.15) is 0 Å². The number of anilines is 1. The van der Waals surface area contributed by atoms with Gasteiger partial charge in [-0.05, 0) is 15.9 Å². The Morgan fingerprint density at radius 2 is 1.93 bits per heavy atom. The van der Waals surface area contributed by atoms with Gasteiger partial charge in [-0.3, -0.25) is 4.79 Å². The van der Waals surface area contributed by atoms with E-state index in [1.54, 1.807) is 0 Å². The number of aromatic amines is 1. The fraction of sp³-hybridized carbons (Fsp3) is 0. The lowest BCUT2D eigenvalue weighted by Crippen LogP contribution is -2.12. The first-order chi connectivity index (χ1) is 7.20. The van der Waals surface area contributed by atoms with E-state index in [0.29, 0.717) is 15.9 Å². The van der Waals surface area contributed by atoms with Crippen molar-refractivity contribution < 1.29 is 0 Å². The molecule has 2 rings (SSSR count). The molecule has 0 spiro atoms. The van der Waals surface area contributed by atoms with Gasteiger partial charge in [0.05, 0.1) is 5.69 Å². The number of hydrogen-bond donors (Lipinski definition) is 2. The Labute approximate surface area is 94.3 Å². The van der Waals surface area contributed by atoms with Crippen LogP contribution in [0.3, 0.4) is 0 Å². The highest BCUT2D eigenvalue weighted by molar-refractivity contribution is 9.10. The number of nitrogens with one attached hydrogen (secondary N) is 1. The second kappa shape index (κ2) is 3.86. The van der Waals surface area contributed by atoms with Gasteiger partial charge in [-0.15, -0.1) is 0 Å². The number of benzene rings is 1. The standard InChI is InChI=1S/C10H8BrN3O/c11-7-8(12)9(13-14-10(7)15)6-4-2-1-3-5-6/h1-5H,(H3,12,14,15). The zero-order chi connectivity index (χ0) is 10.8. The first kappa shape index (κ1) is 9.92. The van der Waals surface area contributed by atoms with Crippen molar-refractivity contribution in [1.82, 2.24) is 10.2 Å². The molecule has 0 amide bonds. The number of aromatic nitrogens is 2. The zero-order valence-electron chi connectivity index (χ0n) is 7.70. The summed E-state index contributed by atoms with van der Waals surface area (Å²) in [5.74, 6) is 0. The quantitative estimate of drug-likeness (QED) is 0.826. The number of halogens is 1. The summed E-state index contributed by atoms with van der Waals surface area (Å²) in [5, 5.41) is 6.29. The first-order valence-corrected chi connectivity index (χ1v) is 5.08. The van der Waals surface area contributed by atoms with Gasteiger partial charge in [0.1, 0.15) is 10.2 Å². The van der Waals surface area contributed by atoms with Crippen molar-refractivity contribution in [1.29, 1.82) is 0 Å². The zero-order valence-corrected chi connectivity index (χ0v) is 9.28. The molecule has 0 bridgehead atoms. The molecule has 2 aromatic rings. The maximum atomic E-state index is 11.2. The summed E-state index contributed by atoms with van der Waals surface area (Å²) in [6, 6.07) is 9.43. The van der Waals surface area contributed by atoms with E-state index in [0.717, 1.165) is 5.56 Å². The van der Waals surface area contributed by atoms with Crippen molar-refractivity contribution in [2.24, 2.45) is 0 Å². The smallest absolute Gasteiger partial charge is 0.280 e. The monoisotopic (exact) mass is 265 g/mol. The van der Waals surface area contributed by atoms with Crippen molar-refractivity contribution >= 4 is 21.6 Å². The summed E-state index contributed by atoms with van der Waals surface area (Å²) in [5.41, 5.74) is 7.25. The van der Waals surface area contributed by atoms with Gasteiger partial charge in [0.15, 0.2) is 0 Å². The molecule has 0 aliphatic rings. The van der Waals surface area contributed by atoms with Crippen LogP contribution >= 0.6 is 15.9 Å². The second-order valence-corrected chi connectivity index (χ2v) is 3.79. The van der Waals surface area contributed by atoms with Crippen LogP contribution in [0, 0.1) is 0 Å². The van der Waals surface area contributed by atoms with Crippen molar-refractivity contribution in [2.75, 3.05) is 5.73 Å². The Morgan fingerprint density at radius 1 is 1.27 bits per heavy atom. The Hall–Kier alpha value is -1.62. The third-order valence-corrected chi connectivity index (χ3v) is 2.79. The maximum absolute atomic E-state index is 11.2. The number of H-pyrrole nitrogens is 1. The number of hydrogen-bond acceptors (Lipinski definition) is 3. The van der Waals surface area contributed by atoms with Gasteiger partial charge in [0.2, 0.25) is 0 Å². The van der Waals surface area contributed by atoms with Crippen molar-refractivity contribution in [2.45, 2.75) is 0 Å². The molecule has 15 heavy (non-hydrogen) atoms. The molecule has 1 heterocycles.